The highest BCUT2D eigenvalue weighted by molar-refractivity contribution is 8.00. The summed E-state index contributed by atoms with van der Waals surface area (Å²) in [5, 5.41) is 4.98. The Labute approximate surface area is 162 Å². The van der Waals surface area contributed by atoms with Crippen molar-refractivity contribution in [1.29, 1.82) is 0 Å². The third-order valence-electron chi connectivity index (χ3n) is 4.20. The maximum absolute atomic E-state index is 12.3. The van der Waals surface area contributed by atoms with Crippen molar-refractivity contribution in [2.75, 3.05) is 5.75 Å². The van der Waals surface area contributed by atoms with E-state index in [0.717, 1.165) is 26.6 Å². The van der Waals surface area contributed by atoms with E-state index in [9.17, 15) is 4.79 Å². The lowest BCUT2D eigenvalue weighted by Crippen LogP contribution is -2.24. The number of amides is 1. The van der Waals surface area contributed by atoms with Crippen LogP contribution in [0, 0.1) is 13.8 Å². The summed E-state index contributed by atoms with van der Waals surface area (Å²) >= 11 is 3.20. The van der Waals surface area contributed by atoms with E-state index in [2.05, 4.69) is 33.0 Å². The summed E-state index contributed by atoms with van der Waals surface area (Å²) < 4.78 is 0. The fourth-order valence-corrected chi connectivity index (χ4v) is 4.60. The Bertz CT molecular complexity index is 920. The molecule has 0 spiro atoms. The number of benzene rings is 1. The fraction of sp³-hybridized carbons (Fsp3) is 0.350. The summed E-state index contributed by atoms with van der Waals surface area (Å²) in [4.78, 5) is 24.0. The Hall–Kier alpha value is -1.92. The van der Waals surface area contributed by atoms with Crippen molar-refractivity contribution >= 4 is 39.2 Å². The van der Waals surface area contributed by atoms with Gasteiger partial charge in [0.25, 0.3) is 0 Å². The van der Waals surface area contributed by atoms with Gasteiger partial charge in [0.05, 0.1) is 5.75 Å². The zero-order valence-electron chi connectivity index (χ0n) is 15.5. The van der Waals surface area contributed by atoms with Gasteiger partial charge in [0.1, 0.15) is 15.7 Å². The van der Waals surface area contributed by atoms with Crippen LogP contribution in [0.3, 0.4) is 0 Å². The summed E-state index contributed by atoms with van der Waals surface area (Å²) in [5.41, 5.74) is 2.31. The standard InChI is InChI=1S/C20H23N3OS2/c1-12(2)18-22-19(17-13(3)14(4)26-20(17)23-18)25-11-16(24)21-10-15-8-6-5-7-9-15/h5-9,12H,10-11H2,1-4H3,(H,21,24). The number of rotatable bonds is 6. The van der Waals surface area contributed by atoms with E-state index in [-0.39, 0.29) is 11.8 Å². The number of nitrogens with zero attached hydrogens (tertiary/aromatic N) is 2. The van der Waals surface area contributed by atoms with Gasteiger partial charge in [-0.2, -0.15) is 0 Å². The number of carbonyl (C=O) groups excluding carboxylic acids is 1. The maximum Gasteiger partial charge on any atom is 0.230 e. The van der Waals surface area contributed by atoms with Crippen molar-refractivity contribution in [1.82, 2.24) is 15.3 Å². The molecule has 1 amide bonds. The van der Waals surface area contributed by atoms with E-state index in [1.165, 1.54) is 22.2 Å². The second-order valence-corrected chi connectivity index (χ2v) is 8.72. The van der Waals surface area contributed by atoms with Gasteiger partial charge in [-0.3, -0.25) is 4.79 Å². The SMILES string of the molecule is Cc1sc2nc(C(C)C)nc(SCC(=O)NCc3ccccc3)c2c1C. The van der Waals surface area contributed by atoms with E-state index in [0.29, 0.717) is 12.3 Å². The van der Waals surface area contributed by atoms with Crippen LogP contribution < -0.4 is 5.32 Å². The number of aryl methyl sites for hydroxylation is 2. The van der Waals surface area contributed by atoms with Gasteiger partial charge < -0.3 is 5.32 Å². The second-order valence-electron chi connectivity index (χ2n) is 6.56. The molecule has 0 aliphatic rings. The summed E-state index contributed by atoms with van der Waals surface area (Å²) in [5.74, 6) is 1.46. The quantitative estimate of drug-likeness (QED) is 0.487. The van der Waals surface area contributed by atoms with Crippen LogP contribution in [-0.2, 0) is 11.3 Å². The van der Waals surface area contributed by atoms with Crippen molar-refractivity contribution in [3.8, 4) is 0 Å². The van der Waals surface area contributed by atoms with Crippen molar-refractivity contribution in [2.45, 2.75) is 45.2 Å². The first-order valence-corrected chi connectivity index (χ1v) is 10.5. The highest BCUT2D eigenvalue weighted by Crippen LogP contribution is 2.35. The minimum atomic E-state index is 0.0151. The number of carbonyl (C=O) groups is 1. The molecule has 1 N–H and O–H groups in total. The molecule has 0 radical (unpaired) electrons. The molecule has 0 aliphatic carbocycles. The molecule has 0 fully saturated rings. The van der Waals surface area contributed by atoms with Crippen molar-refractivity contribution in [2.24, 2.45) is 0 Å². The Morgan fingerprint density at radius 2 is 1.92 bits per heavy atom. The fourth-order valence-electron chi connectivity index (χ4n) is 2.57. The van der Waals surface area contributed by atoms with Gasteiger partial charge in [0, 0.05) is 22.7 Å². The molecular weight excluding hydrogens is 362 g/mol. The van der Waals surface area contributed by atoms with Gasteiger partial charge in [-0.15, -0.1) is 11.3 Å². The molecule has 0 saturated heterocycles. The first kappa shape index (κ1) is 18.9. The number of thiophene rings is 1. The normalized spacial score (nSPS) is 11.3. The summed E-state index contributed by atoms with van der Waals surface area (Å²) in [7, 11) is 0. The van der Waals surface area contributed by atoms with Crippen LogP contribution >= 0.6 is 23.1 Å². The van der Waals surface area contributed by atoms with E-state index < -0.39 is 0 Å². The average Bonchev–Trinajstić information content (AvgIpc) is 2.93. The van der Waals surface area contributed by atoms with Gasteiger partial charge in [-0.25, -0.2) is 9.97 Å². The molecule has 0 bridgehead atoms. The van der Waals surface area contributed by atoms with Crippen LogP contribution in [0.25, 0.3) is 10.2 Å². The number of aromatic nitrogens is 2. The summed E-state index contributed by atoms with van der Waals surface area (Å²) in [6.07, 6.45) is 0. The highest BCUT2D eigenvalue weighted by Gasteiger charge is 2.17. The molecule has 0 aliphatic heterocycles. The largest absolute Gasteiger partial charge is 0.351 e. The lowest BCUT2D eigenvalue weighted by Gasteiger charge is -2.09. The van der Waals surface area contributed by atoms with Gasteiger partial charge in [0.15, 0.2) is 0 Å². The number of hydrogen-bond acceptors (Lipinski definition) is 5. The molecule has 3 aromatic rings. The van der Waals surface area contributed by atoms with Gasteiger partial charge >= 0.3 is 0 Å². The molecule has 0 saturated carbocycles. The Morgan fingerprint density at radius 1 is 1.19 bits per heavy atom. The highest BCUT2D eigenvalue weighted by atomic mass is 32.2. The molecule has 1 aromatic carbocycles. The van der Waals surface area contributed by atoms with E-state index in [1.54, 1.807) is 11.3 Å². The molecule has 0 atom stereocenters. The molecule has 136 valence electrons. The molecule has 0 unspecified atom stereocenters. The van der Waals surface area contributed by atoms with Gasteiger partial charge in [0.2, 0.25) is 5.91 Å². The number of fused-ring (bicyclic) bond motifs is 1. The van der Waals surface area contributed by atoms with E-state index in [4.69, 9.17) is 9.97 Å². The Morgan fingerprint density at radius 3 is 2.62 bits per heavy atom. The number of nitrogens with one attached hydrogen (secondary N) is 1. The summed E-state index contributed by atoms with van der Waals surface area (Å²) in [6, 6.07) is 9.94. The predicted octanol–water partition coefficient (Wildman–Crippen LogP) is 4.84. The smallest absolute Gasteiger partial charge is 0.230 e. The van der Waals surface area contributed by atoms with Gasteiger partial charge in [-0.05, 0) is 25.0 Å². The van der Waals surface area contributed by atoms with Crippen molar-refractivity contribution in [3.05, 3.63) is 52.2 Å². The zero-order valence-corrected chi connectivity index (χ0v) is 17.1. The predicted molar refractivity (Wildman–Crippen MR) is 110 cm³/mol. The monoisotopic (exact) mass is 385 g/mol. The second kappa shape index (κ2) is 8.18. The van der Waals surface area contributed by atoms with Crippen molar-refractivity contribution < 1.29 is 4.79 Å². The first-order chi connectivity index (χ1) is 12.5. The van der Waals surface area contributed by atoms with E-state index >= 15 is 0 Å². The topological polar surface area (TPSA) is 54.9 Å². The minimum Gasteiger partial charge on any atom is -0.351 e. The van der Waals surface area contributed by atoms with E-state index in [1.807, 2.05) is 30.3 Å². The first-order valence-electron chi connectivity index (χ1n) is 8.66. The van der Waals surface area contributed by atoms with Crippen LogP contribution in [0.1, 0.15) is 41.6 Å². The third kappa shape index (κ3) is 4.24. The molecule has 26 heavy (non-hydrogen) atoms. The Balaban J connectivity index is 1.74. The van der Waals surface area contributed by atoms with Gasteiger partial charge in [-0.1, -0.05) is 55.9 Å². The lowest BCUT2D eigenvalue weighted by molar-refractivity contribution is -0.118. The molecule has 2 heterocycles. The summed E-state index contributed by atoms with van der Waals surface area (Å²) in [6.45, 7) is 8.95. The molecular formula is C20H23N3OS2. The van der Waals surface area contributed by atoms with Crippen LogP contribution in [-0.4, -0.2) is 21.6 Å². The van der Waals surface area contributed by atoms with Crippen LogP contribution in [0.4, 0.5) is 0 Å². The maximum atomic E-state index is 12.3. The molecule has 2 aromatic heterocycles. The average molecular weight is 386 g/mol. The number of hydrogen-bond donors (Lipinski definition) is 1. The number of thioether (sulfide) groups is 1. The minimum absolute atomic E-state index is 0.0151. The molecule has 3 rings (SSSR count). The van der Waals surface area contributed by atoms with Crippen molar-refractivity contribution in [3.63, 3.8) is 0 Å². The van der Waals surface area contributed by atoms with Crippen LogP contribution in [0.2, 0.25) is 0 Å². The Kier molecular flexibility index (Phi) is 5.94. The third-order valence-corrected chi connectivity index (χ3v) is 6.28. The van der Waals surface area contributed by atoms with Crippen LogP contribution in [0.15, 0.2) is 35.4 Å². The zero-order chi connectivity index (χ0) is 18.7. The lowest BCUT2D eigenvalue weighted by atomic mass is 10.2. The molecule has 6 heteroatoms. The molecule has 4 nitrogen and oxygen atoms in total. The van der Waals surface area contributed by atoms with Crippen LogP contribution in [0.5, 0.6) is 0 Å².